The van der Waals surface area contributed by atoms with Crippen LogP contribution in [0.1, 0.15) is 29.8 Å². The number of carbonyl (C=O) groups excluding carboxylic acids is 1. The maximum Gasteiger partial charge on any atom is 0.416 e. The van der Waals surface area contributed by atoms with Gasteiger partial charge in [0.1, 0.15) is 5.82 Å². The van der Waals surface area contributed by atoms with Crippen molar-refractivity contribution < 1.29 is 22.4 Å². The Morgan fingerprint density at radius 3 is 2.37 bits per heavy atom. The molecule has 0 aliphatic carbocycles. The number of alkyl halides is 3. The summed E-state index contributed by atoms with van der Waals surface area (Å²) in [5.41, 5.74) is -2.88. The Hall–Kier alpha value is -2.03. The van der Waals surface area contributed by atoms with Gasteiger partial charge in [-0.15, -0.1) is 6.42 Å². The first-order chi connectivity index (χ1) is 8.57. The Kier molecular flexibility index (Phi) is 3.89. The first-order valence-electron chi connectivity index (χ1n) is 5.24. The molecule has 0 radical (unpaired) electrons. The van der Waals surface area contributed by atoms with Gasteiger partial charge in [0.25, 0.3) is 5.91 Å². The summed E-state index contributed by atoms with van der Waals surface area (Å²) in [6.07, 6.45) is 0.483. The molecule has 0 saturated carbocycles. The Balaban J connectivity index is 3.14. The number of halogens is 4. The number of carbonyl (C=O) groups is 1. The summed E-state index contributed by atoms with van der Waals surface area (Å²) in [4.78, 5) is 11.7. The molecule has 6 heteroatoms. The molecule has 0 aromatic heterocycles. The van der Waals surface area contributed by atoms with Gasteiger partial charge >= 0.3 is 6.18 Å². The van der Waals surface area contributed by atoms with E-state index in [-0.39, 0.29) is 0 Å². The van der Waals surface area contributed by atoms with Gasteiger partial charge in [-0.2, -0.15) is 13.2 Å². The Bertz CT molecular complexity index is 541. The van der Waals surface area contributed by atoms with Gasteiger partial charge in [0.2, 0.25) is 0 Å². The van der Waals surface area contributed by atoms with E-state index >= 15 is 0 Å². The van der Waals surface area contributed by atoms with Gasteiger partial charge < -0.3 is 5.32 Å². The van der Waals surface area contributed by atoms with Crippen LogP contribution >= 0.6 is 0 Å². The summed E-state index contributed by atoms with van der Waals surface area (Å²) >= 11 is 0. The van der Waals surface area contributed by atoms with E-state index in [0.717, 1.165) is 0 Å². The van der Waals surface area contributed by atoms with Crippen LogP contribution in [-0.4, -0.2) is 11.4 Å². The highest BCUT2D eigenvalue weighted by Gasteiger charge is 2.32. The number of terminal acetylenes is 1. The maximum absolute atomic E-state index is 13.4. The van der Waals surface area contributed by atoms with Crippen molar-refractivity contribution in [3.05, 3.63) is 35.1 Å². The van der Waals surface area contributed by atoms with E-state index in [0.29, 0.717) is 18.2 Å². The SMILES string of the molecule is C#CC(C)(C)NC(=O)c1cc(C(F)(F)F)ccc1F. The van der Waals surface area contributed by atoms with Gasteiger partial charge in [-0.05, 0) is 32.0 Å². The third kappa shape index (κ3) is 3.71. The van der Waals surface area contributed by atoms with Crippen LogP contribution in [0.15, 0.2) is 18.2 Å². The van der Waals surface area contributed by atoms with E-state index in [1.54, 1.807) is 0 Å². The van der Waals surface area contributed by atoms with E-state index in [9.17, 15) is 22.4 Å². The molecule has 1 amide bonds. The Morgan fingerprint density at radius 1 is 1.32 bits per heavy atom. The summed E-state index contributed by atoms with van der Waals surface area (Å²) in [6.45, 7) is 2.94. The normalized spacial score (nSPS) is 11.8. The lowest BCUT2D eigenvalue weighted by Crippen LogP contribution is -2.42. The molecule has 1 aromatic carbocycles. The van der Waals surface area contributed by atoms with Crippen LogP contribution in [-0.2, 0) is 6.18 Å². The van der Waals surface area contributed by atoms with Gasteiger partial charge in [-0.3, -0.25) is 4.79 Å². The Morgan fingerprint density at radius 2 is 1.89 bits per heavy atom. The van der Waals surface area contributed by atoms with Crippen molar-refractivity contribution in [1.82, 2.24) is 5.32 Å². The minimum Gasteiger partial charge on any atom is -0.336 e. The highest BCUT2D eigenvalue weighted by Crippen LogP contribution is 2.30. The predicted molar refractivity (Wildman–Crippen MR) is 61.8 cm³/mol. The molecule has 0 aliphatic rings. The molecule has 1 rings (SSSR count). The fraction of sp³-hybridized carbons (Fsp3) is 0.308. The second kappa shape index (κ2) is 4.92. The molecule has 0 fully saturated rings. The summed E-state index contributed by atoms with van der Waals surface area (Å²) < 4.78 is 50.8. The minimum absolute atomic E-state index is 0.456. The van der Waals surface area contributed by atoms with E-state index in [2.05, 4.69) is 11.2 Å². The Labute approximate surface area is 107 Å². The second-order valence-electron chi connectivity index (χ2n) is 4.42. The number of benzene rings is 1. The number of nitrogens with one attached hydrogen (secondary N) is 1. The first kappa shape index (κ1) is 15.0. The zero-order valence-electron chi connectivity index (χ0n) is 10.2. The zero-order valence-corrected chi connectivity index (χ0v) is 10.2. The largest absolute Gasteiger partial charge is 0.416 e. The average molecular weight is 273 g/mol. The molecular formula is C13H11F4NO. The summed E-state index contributed by atoms with van der Waals surface area (Å²) in [6, 6.07) is 1.62. The fourth-order valence-corrected chi connectivity index (χ4v) is 1.26. The lowest BCUT2D eigenvalue weighted by molar-refractivity contribution is -0.137. The lowest BCUT2D eigenvalue weighted by Gasteiger charge is -2.20. The van der Waals surface area contributed by atoms with Crippen LogP contribution in [0.5, 0.6) is 0 Å². The van der Waals surface area contributed by atoms with Gasteiger partial charge in [0, 0.05) is 0 Å². The van der Waals surface area contributed by atoms with Crippen molar-refractivity contribution in [2.75, 3.05) is 0 Å². The third-order valence-electron chi connectivity index (χ3n) is 2.33. The predicted octanol–water partition coefficient (Wildman–Crippen LogP) is 2.99. The molecule has 1 N–H and O–H groups in total. The van der Waals surface area contributed by atoms with E-state index in [4.69, 9.17) is 6.42 Å². The van der Waals surface area contributed by atoms with Crippen molar-refractivity contribution in [3.8, 4) is 12.3 Å². The number of hydrogen-bond donors (Lipinski definition) is 1. The van der Waals surface area contributed by atoms with Gasteiger partial charge in [0.15, 0.2) is 0 Å². The molecule has 0 atom stereocenters. The van der Waals surface area contributed by atoms with Gasteiger partial charge in [0.05, 0.1) is 16.7 Å². The van der Waals surface area contributed by atoms with Gasteiger partial charge in [-0.1, -0.05) is 5.92 Å². The molecule has 0 aliphatic heterocycles. The monoisotopic (exact) mass is 273 g/mol. The molecule has 2 nitrogen and oxygen atoms in total. The van der Waals surface area contributed by atoms with Crippen LogP contribution in [0.3, 0.4) is 0 Å². The average Bonchev–Trinajstić information content (AvgIpc) is 2.27. The fourth-order valence-electron chi connectivity index (χ4n) is 1.26. The van der Waals surface area contributed by atoms with E-state index < -0.39 is 34.6 Å². The zero-order chi connectivity index (χ0) is 14.8. The molecule has 0 spiro atoms. The molecule has 1 aromatic rings. The van der Waals surface area contributed by atoms with Crippen molar-refractivity contribution in [1.29, 1.82) is 0 Å². The van der Waals surface area contributed by atoms with Gasteiger partial charge in [-0.25, -0.2) is 4.39 Å². The topological polar surface area (TPSA) is 29.1 Å². The third-order valence-corrected chi connectivity index (χ3v) is 2.33. The second-order valence-corrected chi connectivity index (χ2v) is 4.42. The first-order valence-corrected chi connectivity index (χ1v) is 5.24. The molecule has 19 heavy (non-hydrogen) atoms. The summed E-state index contributed by atoms with van der Waals surface area (Å²) in [5, 5.41) is 2.26. The van der Waals surface area contributed by atoms with Crippen LogP contribution in [0.4, 0.5) is 17.6 Å². The highest BCUT2D eigenvalue weighted by molar-refractivity contribution is 5.95. The molecular weight excluding hydrogens is 262 g/mol. The van der Waals surface area contributed by atoms with Crippen molar-refractivity contribution >= 4 is 5.91 Å². The van der Waals surface area contributed by atoms with E-state index in [1.165, 1.54) is 13.8 Å². The number of hydrogen-bond acceptors (Lipinski definition) is 1. The number of amides is 1. The molecule has 102 valence electrons. The summed E-state index contributed by atoms with van der Waals surface area (Å²) in [7, 11) is 0. The standard InChI is InChI=1S/C13H11F4NO/c1-4-12(2,3)18-11(19)9-7-8(13(15,16)17)5-6-10(9)14/h1,5-7H,2-3H3,(H,18,19). The molecule has 0 saturated heterocycles. The van der Waals surface area contributed by atoms with Crippen molar-refractivity contribution in [2.45, 2.75) is 25.6 Å². The van der Waals surface area contributed by atoms with Crippen LogP contribution < -0.4 is 5.32 Å². The molecule has 0 bridgehead atoms. The minimum atomic E-state index is -4.65. The van der Waals surface area contributed by atoms with Crippen LogP contribution in [0, 0.1) is 18.2 Å². The molecule has 0 heterocycles. The lowest BCUT2D eigenvalue weighted by atomic mass is 10.0. The maximum atomic E-state index is 13.4. The quantitative estimate of drug-likeness (QED) is 0.651. The van der Waals surface area contributed by atoms with Crippen molar-refractivity contribution in [2.24, 2.45) is 0 Å². The van der Waals surface area contributed by atoms with Crippen LogP contribution in [0.2, 0.25) is 0 Å². The van der Waals surface area contributed by atoms with Crippen molar-refractivity contribution in [3.63, 3.8) is 0 Å². The smallest absolute Gasteiger partial charge is 0.336 e. The van der Waals surface area contributed by atoms with Crippen LogP contribution in [0.25, 0.3) is 0 Å². The number of rotatable bonds is 2. The highest BCUT2D eigenvalue weighted by atomic mass is 19.4. The molecule has 0 unspecified atom stereocenters. The summed E-state index contributed by atoms with van der Waals surface area (Å²) in [5.74, 6) is 0.193. The van der Waals surface area contributed by atoms with E-state index in [1.807, 2.05) is 0 Å².